The number of benzene rings is 1. The molecule has 134 valence electrons. The fourth-order valence-electron chi connectivity index (χ4n) is 2.92. The molecule has 5 nitrogen and oxygen atoms in total. The summed E-state index contributed by atoms with van der Waals surface area (Å²) in [6, 6.07) is 5.83. The first-order valence-electron chi connectivity index (χ1n) is 8.09. The smallest absolute Gasteiger partial charge is 0.260 e. The monoisotopic (exact) mass is 354 g/mol. The maximum Gasteiger partial charge on any atom is 0.260 e. The molecule has 0 bridgehead atoms. The predicted molar refractivity (Wildman–Crippen MR) is 98.0 cm³/mol. The molecule has 0 spiro atoms. The first-order valence-corrected chi connectivity index (χ1v) is 8.09. The van der Waals surface area contributed by atoms with E-state index in [2.05, 4.69) is 6.58 Å². The summed E-state index contributed by atoms with van der Waals surface area (Å²) in [7, 11) is 1.59. The van der Waals surface area contributed by atoms with Crippen molar-refractivity contribution in [2.24, 2.45) is 5.73 Å². The number of hydrogen-bond donors (Lipinski definition) is 1. The SMILES string of the molecule is C=CCc1ccc(OCC(=O)N2CCCCC2CN)c(OC)c1.Cl. The van der Waals surface area contributed by atoms with E-state index in [-0.39, 0.29) is 31.0 Å². The van der Waals surface area contributed by atoms with Gasteiger partial charge in [0.2, 0.25) is 0 Å². The van der Waals surface area contributed by atoms with Gasteiger partial charge in [0.15, 0.2) is 18.1 Å². The first kappa shape index (κ1) is 20.3. The fourth-order valence-corrected chi connectivity index (χ4v) is 2.92. The second kappa shape index (κ2) is 10.2. The third-order valence-corrected chi connectivity index (χ3v) is 4.18. The molecule has 1 heterocycles. The first-order chi connectivity index (χ1) is 11.2. The highest BCUT2D eigenvalue weighted by molar-refractivity contribution is 5.85. The van der Waals surface area contributed by atoms with Gasteiger partial charge in [-0.3, -0.25) is 4.79 Å². The Labute approximate surface area is 150 Å². The molecule has 2 N–H and O–H groups in total. The van der Waals surface area contributed by atoms with Crippen LogP contribution in [0.1, 0.15) is 24.8 Å². The molecule has 1 saturated heterocycles. The zero-order valence-electron chi connectivity index (χ0n) is 14.2. The van der Waals surface area contributed by atoms with Crippen LogP contribution in [0.4, 0.5) is 0 Å². The van der Waals surface area contributed by atoms with E-state index in [1.54, 1.807) is 7.11 Å². The molecular formula is C18H27ClN2O3. The zero-order valence-corrected chi connectivity index (χ0v) is 15.0. The van der Waals surface area contributed by atoms with Crippen molar-refractivity contribution in [3.05, 3.63) is 36.4 Å². The molecule has 1 aromatic carbocycles. The van der Waals surface area contributed by atoms with E-state index < -0.39 is 0 Å². The average molecular weight is 355 g/mol. The second-order valence-electron chi connectivity index (χ2n) is 5.74. The number of hydrogen-bond acceptors (Lipinski definition) is 4. The standard InChI is InChI=1S/C18H26N2O3.ClH/c1-3-6-14-8-9-16(17(11-14)22-2)23-13-18(21)20-10-5-4-7-15(20)12-19;/h3,8-9,11,15H,1,4-7,10,12-13,19H2,2H3;1H. The largest absolute Gasteiger partial charge is 0.493 e. The van der Waals surface area contributed by atoms with Gasteiger partial charge in [-0.15, -0.1) is 19.0 Å². The highest BCUT2D eigenvalue weighted by Gasteiger charge is 2.25. The van der Waals surface area contributed by atoms with Crippen molar-refractivity contribution >= 4 is 18.3 Å². The number of nitrogens with two attached hydrogens (primary N) is 1. The molecule has 2 rings (SSSR count). The van der Waals surface area contributed by atoms with Crippen molar-refractivity contribution in [2.45, 2.75) is 31.7 Å². The van der Waals surface area contributed by atoms with E-state index in [4.69, 9.17) is 15.2 Å². The van der Waals surface area contributed by atoms with Crippen LogP contribution in [-0.4, -0.2) is 43.7 Å². The van der Waals surface area contributed by atoms with Crippen molar-refractivity contribution in [3.8, 4) is 11.5 Å². The van der Waals surface area contributed by atoms with Crippen molar-refractivity contribution in [3.63, 3.8) is 0 Å². The Morgan fingerprint density at radius 2 is 2.21 bits per heavy atom. The molecule has 0 saturated carbocycles. The predicted octanol–water partition coefficient (Wildman–Crippen LogP) is 2.56. The van der Waals surface area contributed by atoms with Crippen LogP contribution in [0.5, 0.6) is 11.5 Å². The Balaban J connectivity index is 0.00000288. The van der Waals surface area contributed by atoms with Gasteiger partial charge in [0.25, 0.3) is 5.91 Å². The topological polar surface area (TPSA) is 64.8 Å². The maximum atomic E-state index is 12.4. The third kappa shape index (κ3) is 5.14. The number of nitrogens with zero attached hydrogens (tertiary/aromatic N) is 1. The normalized spacial score (nSPS) is 16.9. The van der Waals surface area contributed by atoms with Crippen molar-refractivity contribution in [1.82, 2.24) is 4.90 Å². The van der Waals surface area contributed by atoms with Gasteiger partial charge < -0.3 is 20.1 Å². The van der Waals surface area contributed by atoms with Gasteiger partial charge in [-0.05, 0) is 43.4 Å². The van der Waals surface area contributed by atoms with Gasteiger partial charge in [0, 0.05) is 19.1 Å². The van der Waals surface area contributed by atoms with Crippen LogP contribution in [0.3, 0.4) is 0 Å². The van der Waals surface area contributed by atoms with Crippen LogP contribution in [0.15, 0.2) is 30.9 Å². The van der Waals surface area contributed by atoms with E-state index in [1.807, 2.05) is 29.2 Å². The van der Waals surface area contributed by atoms with E-state index in [9.17, 15) is 4.79 Å². The van der Waals surface area contributed by atoms with Gasteiger partial charge >= 0.3 is 0 Å². The molecule has 24 heavy (non-hydrogen) atoms. The quantitative estimate of drug-likeness (QED) is 0.764. The number of likely N-dealkylation sites (tertiary alicyclic amines) is 1. The van der Waals surface area contributed by atoms with Gasteiger partial charge in [-0.2, -0.15) is 0 Å². The number of carbonyl (C=O) groups excluding carboxylic acids is 1. The molecule has 1 aliphatic heterocycles. The summed E-state index contributed by atoms with van der Waals surface area (Å²) in [5, 5.41) is 0. The van der Waals surface area contributed by atoms with Crippen LogP contribution in [0.2, 0.25) is 0 Å². The molecule has 6 heteroatoms. The average Bonchev–Trinajstić information content (AvgIpc) is 2.60. The fraction of sp³-hybridized carbons (Fsp3) is 0.500. The number of amides is 1. The number of rotatable bonds is 7. The van der Waals surface area contributed by atoms with Crippen molar-refractivity contribution in [1.29, 1.82) is 0 Å². The molecule has 1 atom stereocenters. The van der Waals surface area contributed by atoms with Crippen LogP contribution in [-0.2, 0) is 11.2 Å². The highest BCUT2D eigenvalue weighted by Crippen LogP contribution is 2.28. The summed E-state index contributed by atoms with van der Waals surface area (Å²) in [6.07, 6.45) is 5.73. The minimum absolute atomic E-state index is 0. The Morgan fingerprint density at radius 1 is 1.42 bits per heavy atom. The summed E-state index contributed by atoms with van der Waals surface area (Å²) in [5.74, 6) is 1.19. The number of halogens is 1. The van der Waals surface area contributed by atoms with Crippen LogP contribution in [0.25, 0.3) is 0 Å². The molecular weight excluding hydrogens is 328 g/mol. The lowest BCUT2D eigenvalue weighted by molar-refractivity contribution is -0.136. The molecule has 0 radical (unpaired) electrons. The van der Waals surface area contributed by atoms with Gasteiger partial charge in [-0.1, -0.05) is 12.1 Å². The molecule has 0 aliphatic carbocycles. The molecule has 1 amide bonds. The lowest BCUT2D eigenvalue weighted by atomic mass is 10.0. The molecule has 0 aromatic heterocycles. The van der Waals surface area contributed by atoms with Crippen LogP contribution in [0, 0.1) is 0 Å². The van der Waals surface area contributed by atoms with E-state index >= 15 is 0 Å². The number of ether oxygens (including phenoxy) is 2. The molecule has 1 aromatic rings. The Bertz CT molecular complexity index is 551. The van der Waals surface area contributed by atoms with Crippen LogP contribution >= 0.6 is 12.4 Å². The lowest BCUT2D eigenvalue weighted by Crippen LogP contribution is -2.49. The summed E-state index contributed by atoms with van der Waals surface area (Å²) in [6.45, 7) is 5.00. The highest BCUT2D eigenvalue weighted by atomic mass is 35.5. The lowest BCUT2D eigenvalue weighted by Gasteiger charge is -2.35. The van der Waals surface area contributed by atoms with Gasteiger partial charge in [-0.25, -0.2) is 0 Å². The Hall–Kier alpha value is -1.72. The van der Waals surface area contributed by atoms with E-state index in [0.29, 0.717) is 18.0 Å². The third-order valence-electron chi connectivity index (χ3n) is 4.18. The number of allylic oxidation sites excluding steroid dienone is 1. The van der Waals surface area contributed by atoms with Gasteiger partial charge in [0.05, 0.1) is 7.11 Å². The summed E-state index contributed by atoms with van der Waals surface area (Å²) in [5.41, 5.74) is 6.86. The van der Waals surface area contributed by atoms with Gasteiger partial charge in [0.1, 0.15) is 0 Å². The second-order valence-corrected chi connectivity index (χ2v) is 5.74. The maximum absolute atomic E-state index is 12.4. The minimum atomic E-state index is -0.0163. The molecule has 1 aliphatic rings. The molecule has 1 fully saturated rings. The minimum Gasteiger partial charge on any atom is -0.493 e. The Morgan fingerprint density at radius 3 is 2.88 bits per heavy atom. The van der Waals surface area contributed by atoms with E-state index in [1.165, 1.54) is 0 Å². The van der Waals surface area contributed by atoms with E-state index in [0.717, 1.165) is 37.8 Å². The zero-order chi connectivity index (χ0) is 16.7. The Kier molecular flexibility index (Phi) is 8.65. The number of methoxy groups -OCH3 is 1. The number of piperidine rings is 1. The molecule has 1 unspecified atom stereocenters. The summed E-state index contributed by atoms with van der Waals surface area (Å²) in [4.78, 5) is 14.3. The summed E-state index contributed by atoms with van der Waals surface area (Å²) >= 11 is 0. The van der Waals surface area contributed by atoms with Crippen molar-refractivity contribution < 1.29 is 14.3 Å². The van der Waals surface area contributed by atoms with Crippen molar-refractivity contribution in [2.75, 3.05) is 26.8 Å². The van der Waals surface area contributed by atoms with Crippen LogP contribution < -0.4 is 15.2 Å². The summed E-state index contributed by atoms with van der Waals surface area (Å²) < 4.78 is 11.0. The number of carbonyl (C=O) groups is 1.